The van der Waals surface area contributed by atoms with Crippen molar-refractivity contribution >= 4 is 155 Å². The van der Waals surface area contributed by atoms with Crippen LogP contribution in [0.25, 0.3) is 210 Å². The number of para-hydroxylation sites is 10. The highest BCUT2D eigenvalue weighted by atomic mass is 16.4. The predicted octanol–water partition coefficient (Wildman–Crippen LogP) is 29.4. The number of aldehydes is 1. The Morgan fingerprint density at radius 3 is 0.598 bits per heavy atom. The average Bonchev–Trinajstić information content (AvgIpc) is 1.62. The molecule has 0 bridgehead atoms. The van der Waals surface area contributed by atoms with E-state index >= 15 is 0 Å². The van der Waals surface area contributed by atoms with Crippen molar-refractivity contribution in [1.82, 2.24) is 27.4 Å². The van der Waals surface area contributed by atoms with E-state index in [2.05, 4.69) is 434 Å². The van der Waals surface area contributed by atoms with Gasteiger partial charge in [-0.3, -0.25) is 4.79 Å². The van der Waals surface area contributed by atoms with Crippen molar-refractivity contribution in [3.63, 3.8) is 0 Å². The first-order valence-electron chi connectivity index (χ1n) is 42.5. The molecule has 0 aliphatic carbocycles. The first-order valence-corrected chi connectivity index (χ1v) is 42.5. The van der Waals surface area contributed by atoms with E-state index in [0.29, 0.717) is 0 Å². The zero-order valence-corrected chi connectivity index (χ0v) is 68.8. The molecule has 1 N–H and O–H groups in total. The zero-order chi connectivity index (χ0) is 85.0. The number of hydrogen-bond acceptors (Lipinski definition) is 3. The molecule has 24 rings (SSSR count). The van der Waals surface area contributed by atoms with Gasteiger partial charge in [0.1, 0.15) is 17.9 Å². The van der Waals surface area contributed by atoms with Crippen molar-refractivity contribution in [1.29, 1.82) is 5.26 Å². The summed E-state index contributed by atoms with van der Waals surface area (Å²) in [4.78, 5) is 22.0. The van der Waals surface area contributed by atoms with E-state index in [1.807, 2.05) is 30.4 Å². The smallest absolute Gasteiger partial charge is 0.346 e. The number of aliphatic carboxylic acids is 1. The second kappa shape index (κ2) is 32.2. The van der Waals surface area contributed by atoms with E-state index in [-0.39, 0.29) is 5.57 Å². The summed E-state index contributed by atoms with van der Waals surface area (Å²) in [7, 11) is 0. The highest BCUT2D eigenvalue weighted by molar-refractivity contribution is 6.15. The molecule has 0 fully saturated rings. The average molecular weight is 1630 g/mol. The largest absolute Gasteiger partial charge is 0.477 e. The number of benzene rings is 18. The number of carbonyl (C=O) groups excluding carboxylic acids is 1. The van der Waals surface area contributed by atoms with Gasteiger partial charge in [-0.15, -0.1) is 0 Å². The van der Waals surface area contributed by atoms with Gasteiger partial charge in [0, 0.05) is 98.8 Å². The third kappa shape index (κ3) is 13.5. The first-order chi connectivity index (χ1) is 62.8. The van der Waals surface area contributed by atoms with Crippen molar-refractivity contribution in [3.8, 4) is 73.6 Å². The van der Waals surface area contributed by atoms with Gasteiger partial charge in [0.05, 0.1) is 66.2 Å². The molecule has 10 nitrogen and oxygen atoms in total. The van der Waals surface area contributed by atoms with Crippen LogP contribution in [0.5, 0.6) is 0 Å². The van der Waals surface area contributed by atoms with Gasteiger partial charge < -0.3 is 32.5 Å². The highest BCUT2D eigenvalue weighted by Gasteiger charge is 2.20. The van der Waals surface area contributed by atoms with Crippen molar-refractivity contribution in [2.75, 3.05) is 0 Å². The van der Waals surface area contributed by atoms with Crippen LogP contribution in [0.1, 0.15) is 11.1 Å². The Hall–Kier alpha value is -17.4. The topological polar surface area (TPSA) is 108 Å². The van der Waals surface area contributed by atoms with E-state index in [9.17, 15) is 9.59 Å². The number of aromatic nitrogens is 6. The summed E-state index contributed by atoms with van der Waals surface area (Å²) in [6, 6.07) is 153. The molecule has 0 saturated carbocycles. The van der Waals surface area contributed by atoms with E-state index in [1.165, 1.54) is 144 Å². The maximum absolute atomic E-state index is 11.1. The number of carbonyl (C=O) groups is 2. The number of nitrogens with zero attached hydrogens (tertiary/aromatic N) is 7. The lowest BCUT2D eigenvalue weighted by Crippen LogP contribution is -1.96. The van der Waals surface area contributed by atoms with Crippen LogP contribution in [0.4, 0.5) is 0 Å². The Morgan fingerprint density at radius 2 is 0.409 bits per heavy atom. The molecule has 6 aromatic heterocycles. The highest BCUT2D eigenvalue weighted by Crippen LogP contribution is 2.42. The lowest BCUT2D eigenvalue weighted by molar-refractivity contribution is -0.132. The molecule has 598 valence electrons. The Morgan fingerprint density at radius 1 is 0.228 bits per heavy atom. The molecule has 0 aliphatic rings. The summed E-state index contributed by atoms with van der Waals surface area (Å²) in [5, 5.41) is 32.9. The molecule has 24 aromatic rings. The lowest BCUT2D eigenvalue weighted by Gasteiger charge is -2.11. The Bertz CT molecular complexity index is 8230. The predicted molar refractivity (Wildman–Crippen MR) is 527 cm³/mol. The normalized spacial score (nSPS) is 11.9. The van der Waals surface area contributed by atoms with Crippen molar-refractivity contribution in [2.45, 2.75) is 0 Å². The molecule has 0 spiro atoms. The summed E-state index contributed by atoms with van der Waals surface area (Å²) in [6.45, 7) is 0. The number of carboxylic acid groups (broad SMARTS) is 1. The molecule has 0 aliphatic heterocycles. The number of allylic oxidation sites excluding steroid dienone is 3. The van der Waals surface area contributed by atoms with Crippen molar-refractivity contribution in [2.24, 2.45) is 0 Å². The molecule has 0 radical (unpaired) electrons. The molecule has 0 amide bonds. The fraction of sp³-hybridized carbons (Fsp3) is 0. The fourth-order valence-electron chi connectivity index (χ4n) is 18.9. The molecular weight excluding hydrogens is 1550 g/mol. The summed E-state index contributed by atoms with van der Waals surface area (Å²) < 4.78 is 14.0. The van der Waals surface area contributed by atoms with Crippen LogP contribution in [-0.2, 0) is 9.59 Å². The molecule has 0 saturated heterocycles. The van der Waals surface area contributed by atoms with Gasteiger partial charge >= 0.3 is 5.97 Å². The van der Waals surface area contributed by atoms with Crippen LogP contribution in [0.3, 0.4) is 0 Å². The summed E-state index contributed by atoms with van der Waals surface area (Å²) >= 11 is 0. The zero-order valence-electron chi connectivity index (χ0n) is 68.8. The van der Waals surface area contributed by atoms with Crippen LogP contribution in [0, 0.1) is 11.3 Å². The van der Waals surface area contributed by atoms with Crippen molar-refractivity contribution < 1.29 is 14.7 Å². The minimum absolute atomic E-state index is 0.304. The third-order valence-electron chi connectivity index (χ3n) is 24.7. The van der Waals surface area contributed by atoms with Gasteiger partial charge in [0.2, 0.25) is 0 Å². The standard InChI is InChI=1S/C42H27N3O2.C39H26N2O.C36H24N2/c43-27-31(42(46)47)9-7-8-28-16-25-41-37(26-28)36-12-3-6-15-40(36)45(41)33-23-19-30(20-24-33)29-17-21-32(22-18-29)44-38-13-4-1-10-34(38)35-11-2-5-14-39(35)44;42-25-7-8-27-15-24-39-35(26-27)34-11-3-6-14-38(34)41(39)31-22-18-29(19-23-31)28-16-20-30(21-17-28)40-36-12-4-1-9-32(36)33-10-2-5-13-37(33)40;1-5-13-33-29(9-1)30-10-2-6-14-34(30)37(33)27-21-17-25(18-22-27)26-19-23-28(24-20-26)38-35-15-7-3-11-31(35)32-12-4-8-16-36(32)38/h1-26H,(H,46,47);1-26H;1-24H/b8-7+,31-9+;8-7+;. The molecule has 6 heterocycles. The molecular formula is C117H77N7O3. The minimum Gasteiger partial charge on any atom is -0.477 e. The van der Waals surface area contributed by atoms with Crippen LogP contribution < -0.4 is 0 Å². The SMILES string of the molecule is N#C/C(=C\C=C\c1ccc2c(c1)c1ccccc1n2-c1ccc(-c2ccc(-n3c4ccccc4c4ccccc43)cc2)cc1)C(=O)O.O=C/C=C/c1ccc2c(c1)c1ccccc1n2-c1ccc(-c2ccc(-n3c4ccccc4c4ccccc43)cc2)cc1.c1ccc2c(c1)c1ccccc1n2-c1ccc(-c2ccc(-n3c4ccccc4c4ccccc43)cc2)cc1. The summed E-state index contributed by atoms with van der Waals surface area (Å²) in [6.07, 6.45) is 8.92. The van der Waals surface area contributed by atoms with Gasteiger partial charge in [-0.2, -0.15) is 5.26 Å². The summed E-state index contributed by atoms with van der Waals surface area (Å²) in [5.41, 5.74) is 29.7. The van der Waals surface area contributed by atoms with Gasteiger partial charge in [-0.25, -0.2) is 4.79 Å². The number of hydrogen-bond donors (Lipinski definition) is 1. The van der Waals surface area contributed by atoms with Gasteiger partial charge in [0.15, 0.2) is 0 Å². The van der Waals surface area contributed by atoms with Crippen LogP contribution in [0.2, 0.25) is 0 Å². The maximum Gasteiger partial charge on any atom is 0.346 e. The van der Waals surface area contributed by atoms with E-state index in [0.717, 1.165) is 84.1 Å². The fourth-order valence-corrected chi connectivity index (χ4v) is 18.9. The van der Waals surface area contributed by atoms with E-state index in [1.54, 1.807) is 12.1 Å². The minimum atomic E-state index is -1.24. The number of fused-ring (bicyclic) bond motifs is 18. The molecule has 10 heteroatoms. The first kappa shape index (κ1) is 75.8. The number of carboxylic acids is 1. The Balaban J connectivity index is 0.000000113. The quantitative estimate of drug-likeness (QED) is 0.0506. The Labute approximate surface area is 730 Å². The second-order valence-corrected chi connectivity index (χ2v) is 31.9. The van der Waals surface area contributed by atoms with Crippen molar-refractivity contribution in [3.05, 3.63) is 460 Å². The summed E-state index contributed by atoms with van der Waals surface area (Å²) in [5.74, 6) is -1.24. The van der Waals surface area contributed by atoms with Gasteiger partial charge in [0.25, 0.3) is 0 Å². The Kier molecular flexibility index (Phi) is 19.2. The van der Waals surface area contributed by atoms with Gasteiger partial charge in [-0.05, 0) is 214 Å². The van der Waals surface area contributed by atoms with Crippen LogP contribution in [0.15, 0.2) is 448 Å². The number of nitriles is 1. The molecule has 127 heavy (non-hydrogen) atoms. The van der Waals surface area contributed by atoms with Crippen LogP contribution >= 0.6 is 0 Å². The second-order valence-electron chi connectivity index (χ2n) is 31.9. The van der Waals surface area contributed by atoms with E-state index < -0.39 is 5.97 Å². The molecule has 0 atom stereocenters. The van der Waals surface area contributed by atoms with E-state index in [4.69, 9.17) is 10.4 Å². The molecule has 18 aromatic carbocycles. The monoisotopic (exact) mass is 1630 g/mol. The van der Waals surface area contributed by atoms with Gasteiger partial charge in [-0.1, -0.05) is 285 Å². The maximum atomic E-state index is 11.1. The third-order valence-corrected chi connectivity index (χ3v) is 24.7. The molecule has 0 unspecified atom stereocenters. The lowest BCUT2D eigenvalue weighted by atomic mass is 10.0. The van der Waals surface area contributed by atoms with Crippen LogP contribution in [-0.4, -0.2) is 44.8 Å². The number of rotatable bonds is 14.